The summed E-state index contributed by atoms with van der Waals surface area (Å²) < 4.78 is 50.6. The van der Waals surface area contributed by atoms with E-state index in [1.54, 1.807) is 0 Å². The molecule has 1 unspecified atom stereocenters. The minimum absolute atomic E-state index is 0.395. The van der Waals surface area contributed by atoms with Crippen LogP contribution in [0.15, 0.2) is 28.7 Å². The molecule has 5 heteroatoms. The fourth-order valence-electron chi connectivity index (χ4n) is 0.927. The fourth-order valence-corrected chi connectivity index (χ4v) is 1.19. The second-order valence-electron chi connectivity index (χ2n) is 3.01. The molecule has 14 heavy (non-hydrogen) atoms. The molecule has 1 rings (SSSR count). The average Bonchev–Trinajstić information content (AvgIpc) is 2.03. The topological polar surface area (TPSA) is 0 Å². The highest BCUT2D eigenvalue weighted by Gasteiger charge is 2.53. The first kappa shape index (κ1) is 11.5. The van der Waals surface area contributed by atoms with Crippen LogP contribution in [0.3, 0.4) is 0 Å². The lowest BCUT2D eigenvalue weighted by Gasteiger charge is -2.23. The highest BCUT2D eigenvalue weighted by Crippen LogP contribution is 2.42. The monoisotopic (exact) mass is 270 g/mol. The fraction of sp³-hybridized carbons (Fsp3) is 0.333. The van der Waals surface area contributed by atoms with Gasteiger partial charge in [-0.25, -0.2) is 4.39 Å². The van der Waals surface area contributed by atoms with Gasteiger partial charge in [-0.3, -0.25) is 0 Å². The van der Waals surface area contributed by atoms with Crippen LogP contribution in [0.4, 0.5) is 17.6 Å². The molecule has 1 atom stereocenters. The highest BCUT2D eigenvalue weighted by atomic mass is 79.9. The first-order chi connectivity index (χ1) is 6.25. The van der Waals surface area contributed by atoms with Crippen molar-refractivity contribution in [1.29, 1.82) is 0 Å². The summed E-state index contributed by atoms with van der Waals surface area (Å²) in [5, 5.41) is 0. The van der Waals surface area contributed by atoms with Crippen LogP contribution in [0.25, 0.3) is 0 Å². The average molecular weight is 271 g/mol. The number of hydrogen-bond acceptors (Lipinski definition) is 0. The summed E-state index contributed by atoms with van der Waals surface area (Å²) in [5.74, 6) is 0. The molecule has 0 aliphatic carbocycles. The van der Waals surface area contributed by atoms with Crippen LogP contribution in [-0.2, 0) is 5.67 Å². The quantitative estimate of drug-likeness (QED) is 0.671. The van der Waals surface area contributed by atoms with E-state index in [4.69, 9.17) is 0 Å². The van der Waals surface area contributed by atoms with Crippen LogP contribution in [-0.4, -0.2) is 6.18 Å². The lowest BCUT2D eigenvalue weighted by Crippen LogP contribution is -2.34. The van der Waals surface area contributed by atoms with Gasteiger partial charge in [0.15, 0.2) is 0 Å². The Labute approximate surface area is 87.1 Å². The zero-order valence-electron chi connectivity index (χ0n) is 7.20. The van der Waals surface area contributed by atoms with Gasteiger partial charge in [0.1, 0.15) is 0 Å². The van der Waals surface area contributed by atoms with Gasteiger partial charge in [0.2, 0.25) is 5.67 Å². The Morgan fingerprint density at radius 2 is 1.43 bits per heavy atom. The van der Waals surface area contributed by atoms with Crippen LogP contribution in [0, 0.1) is 0 Å². The molecule has 0 nitrogen and oxygen atoms in total. The van der Waals surface area contributed by atoms with Crippen molar-refractivity contribution < 1.29 is 17.6 Å². The molecule has 0 saturated heterocycles. The van der Waals surface area contributed by atoms with Crippen molar-refractivity contribution in [3.05, 3.63) is 34.3 Å². The molecule has 0 aliphatic heterocycles. The molecule has 0 fully saturated rings. The third-order valence-electron chi connectivity index (χ3n) is 1.92. The molecule has 0 aromatic heterocycles. The normalized spacial score (nSPS) is 16.4. The molecule has 0 radical (unpaired) electrons. The second kappa shape index (κ2) is 3.53. The Morgan fingerprint density at radius 1 is 1.00 bits per heavy atom. The van der Waals surface area contributed by atoms with Gasteiger partial charge in [-0.2, -0.15) is 13.2 Å². The van der Waals surface area contributed by atoms with E-state index in [0.29, 0.717) is 11.4 Å². The van der Waals surface area contributed by atoms with Crippen molar-refractivity contribution in [3.8, 4) is 0 Å². The van der Waals surface area contributed by atoms with Gasteiger partial charge in [0, 0.05) is 4.47 Å². The molecule has 0 bridgehead atoms. The standard InChI is InChI=1S/C9H7BrF4/c1-8(11,9(12,13)14)6-2-4-7(10)5-3-6/h2-5H,1H3. The molecule has 0 saturated carbocycles. The second-order valence-corrected chi connectivity index (χ2v) is 3.92. The smallest absolute Gasteiger partial charge is 0.229 e. The largest absolute Gasteiger partial charge is 0.426 e. The van der Waals surface area contributed by atoms with E-state index >= 15 is 0 Å². The van der Waals surface area contributed by atoms with Crippen molar-refractivity contribution >= 4 is 15.9 Å². The van der Waals surface area contributed by atoms with Crippen LogP contribution in [0.2, 0.25) is 0 Å². The highest BCUT2D eigenvalue weighted by molar-refractivity contribution is 9.10. The molecule has 0 aliphatic rings. The summed E-state index contributed by atoms with van der Waals surface area (Å²) in [6.07, 6.45) is -4.89. The predicted octanol–water partition coefficient (Wildman–Crippen LogP) is 4.20. The molecule has 1 aromatic rings. The lowest BCUT2D eigenvalue weighted by atomic mass is 9.98. The van der Waals surface area contributed by atoms with Gasteiger partial charge in [0.25, 0.3) is 0 Å². The Kier molecular flexibility index (Phi) is 2.90. The predicted molar refractivity (Wildman–Crippen MR) is 48.7 cm³/mol. The summed E-state index contributed by atoms with van der Waals surface area (Å²) in [7, 11) is 0. The Balaban J connectivity index is 3.10. The maximum atomic E-state index is 13.3. The van der Waals surface area contributed by atoms with Crippen LogP contribution in [0.5, 0.6) is 0 Å². The van der Waals surface area contributed by atoms with Gasteiger partial charge < -0.3 is 0 Å². The molecule has 0 spiro atoms. The number of alkyl halides is 4. The molecule has 0 heterocycles. The number of hydrogen-bond donors (Lipinski definition) is 0. The van der Waals surface area contributed by atoms with Gasteiger partial charge in [-0.15, -0.1) is 0 Å². The Bertz CT molecular complexity index is 313. The minimum Gasteiger partial charge on any atom is -0.229 e. The Hall–Kier alpha value is -0.580. The Morgan fingerprint density at radius 3 is 1.79 bits per heavy atom. The van der Waals surface area contributed by atoms with Crippen molar-refractivity contribution in [2.45, 2.75) is 18.8 Å². The van der Waals surface area contributed by atoms with Crippen LogP contribution in [0.1, 0.15) is 12.5 Å². The zero-order valence-corrected chi connectivity index (χ0v) is 8.79. The summed E-state index contributed by atoms with van der Waals surface area (Å²) in [6, 6.07) is 4.97. The SMILES string of the molecule is CC(F)(c1ccc(Br)cc1)C(F)(F)F. The third-order valence-corrected chi connectivity index (χ3v) is 2.45. The lowest BCUT2D eigenvalue weighted by molar-refractivity contribution is -0.228. The van der Waals surface area contributed by atoms with Crippen molar-refractivity contribution in [3.63, 3.8) is 0 Å². The molecular weight excluding hydrogens is 264 g/mol. The number of benzene rings is 1. The molecule has 1 aromatic carbocycles. The van der Waals surface area contributed by atoms with E-state index in [0.717, 1.165) is 12.1 Å². The summed E-state index contributed by atoms with van der Waals surface area (Å²) >= 11 is 3.06. The first-order valence-electron chi connectivity index (χ1n) is 3.77. The van der Waals surface area contributed by atoms with E-state index in [1.807, 2.05) is 0 Å². The summed E-state index contributed by atoms with van der Waals surface area (Å²) in [4.78, 5) is 0. The maximum absolute atomic E-state index is 13.3. The molecular formula is C9H7BrF4. The molecule has 0 amide bonds. The van der Waals surface area contributed by atoms with Gasteiger partial charge in [-0.05, 0) is 24.6 Å². The van der Waals surface area contributed by atoms with E-state index in [1.165, 1.54) is 12.1 Å². The van der Waals surface area contributed by atoms with E-state index in [9.17, 15) is 17.6 Å². The zero-order chi connectivity index (χ0) is 11.0. The van der Waals surface area contributed by atoms with Crippen molar-refractivity contribution in [1.82, 2.24) is 0 Å². The first-order valence-corrected chi connectivity index (χ1v) is 4.56. The molecule has 78 valence electrons. The summed E-state index contributed by atoms with van der Waals surface area (Å²) in [6.45, 7) is 0.510. The van der Waals surface area contributed by atoms with Crippen molar-refractivity contribution in [2.75, 3.05) is 0 Å². The third kappa shape index (κ3) is 2.08. The molecule has 0 N–H and O–H groups in total. The minimum atomic E-state index is -4.89. The van der Waals surface area contributed by atoms with E-state index in [2.05, 4.69) is 15.9 Å². The van der Waals surface area contributed by atoms with Crippen molar-refractivity contribution in [2.24, 2.45) is 0 Å². The number of rotatable bonds is 1. The van der Waals surface area contributed by atoms with Crippen LogP contribution < -0.4 is 0 Å². The number of halogens is 5. The van der Waals surface area contributed by atoms with Gasteiger partial charge in [-0.1, -0.05) is 28.1 Å². The maximum Gasteiger partial charge on any atom is 0.426 e. The van der Waals surface area contributed by atoms with Gasteiger partial charge >= 0.3 is 6.18 Å². The van der Waals surface area contributed by atoms with Crippen LogP contribution >= 0.6 is 15.9 Å². The summed E-state index contributed by atoms with van der Waals surface area (Å²) in [5.41, 5.74) is -3.69. The van der Waals surface area contributed by atoms with E-state index < -0.39 is 17.4 Å². The van der Waals surface area contributed by atoms with E-state index in [-0.39, 0.29) is 0 Å². The van der Waals surface area contributed by atoms with Gasteiger partial charge in [0.05, 0.1) is 0 Å².